The van der Waals surface area contributed by atoms with E-state index in [4.69, 9.17) is 0 Å². The fourth-order valence-electron chi connectivity index (χ4n) is 17.0. The van der Waals surface area contributed by atoms with Crippen LogP contribution in [0, 0.1) is 0 Å². The molecule has 0 amide bonds. The largest absolute Gasteiger partial charge is 0.310 e. The highest BCUT2D eigenvalue weighted by molar-refractivity contribution is 6.13. The molecule has 0 aliphatic rings. The highest BCUT2D eigenvalue weighted by Gasteiger charge is 2.31. The molecule has 510 valence electrons. The maximum Gasteiger partial charge on any atom is 0.0949 e. The Labute approximate surface area is 616 Å². The smallest absolute Gasteiger partial charge is 0.0949 e. The van der Waals surface area contributed by atoms with Crippen LogP contribution in [0.3, 0.4) is 0 Å². The fraction of sp³-hybridized carbons (Fsp3) is 0.0816. The molecule has 0 spiro atoms. The Morgan fingerprint density at radius 1 is 0.217 bits per heavy atom. The maximum atomic E-state index is 2.67. The van der Waals surface area contributed by atoms with Gasteiger partial charge in [0.05, 0.1) is 94.3 Å². The minimum atomic E-state index is 0.845. The molecule has 0 fully saturated rings. The van der Waals surface area contributed by atoms with Crippen molar-refractivity contribution in [1.82, 2.24) is 27.1 Å². The number of nitrogens with zero attached hydrogens (tertiary/aromatic N) is 8. The lowest BCUT2D eigenvalue weighted by Gasteiger charge is -2.33. The topological polar surface area (TPSA) is 35.0 Å². The number of hydrogen-bond donors (Lipinski definition) is 0. The van der Waals surface area contributed by atoms with Crippen molar-refractivity contribution in [2.45, 2.75) is 53.4 Å². The zero-order chi connectivity index (χ0) is 70.9. The van der Waals surface area contributed by atoms with Gasteiger partial charge in [0.1, 0.15) is 0 Å². The van der Waals surface area contributed by atoms with E-state index in [1.807, 2.05) is 0 Å². The van der Waals surface area contributed by atoms with Crippen molar-refractivity contribution >= 4 is 111 Å². The lowest BCUT2D eigenvalue weighted by molar-refractivity contribution is 1.07. The van der Waals surface area contributed by atoms with Gasteiger partial charge in [0, 0.05) is 50.9 Å². The third-order valence-corrected chi connectivity index (χ3v) is 21.7. The summed E-state index contributed by atoms with van der Waals surface area (Å²) in [6.45, 7) is 9.12. The van der Waals surface area contributed by atoms with Gasteiger partial charge in [-0.1, -0.05) is 258 Å². The Kier molecular flexibility index (Phi) is 15.9. The van der Waals surface area contributed by atoms with Crippen molar-refractivity contribution in [2.75, 3.05) is 9.80 Å². The summed E-state index contributed by atoms with van der Waals surface area (Å²) in [4.78, 5) is 5.10. The first kappa shape index (κ1) is 63.6. The van der Waals surface area contributed by atoms with E-state index >= 15 is 0 Å². The van der Waals surface area contributed by atoms with E-state index in [0.717, 1.165) is 182 Å². The van der Waals surface area contributed by atoms with Crippen molar-refractivity contribution in [3.63, 3.8) is 0 Å². The van der Waals surface area contributed by atoms with E-state index in [9.17, 15) is 0 Å². The molecule has 8 heteroatoms. The van der Waals surface area contributed by atoms with Crippen LogP contribution in [0.5, 0.6) is 0 Å². The molecule has 0 aliphatic heterocycles. The first-order chi connectivity index (χ1) is 52.5. The molecule has 0 N–H and O–H groups in total. The molecular weight excluding hydrogens is 1290 g/mol. The van der Waals surface area contributed by atoms with E-state index in [2.05, 4.69) is 416 Å². The summed E-state index contributed by atoms with van der Waals surface area (Å²) in [6.07, 6.45) is 3.40. The second-order valence-corrected chi connectivity index (χ2v) is 27.5. The molecule has 4 heterocycles. The van der Waals surface area contributed by atoms with Crippen LogP contribution in [0.25, 0.3) is 122 Å². The van der Waals surface area contributed by atoms with Crippen LogP contribution >= 0.6 is 0 Å². The SMILES string of the molecule is CCc1ccccc1N(c1cc2c3c(c1)n(-c1ccccc1)c1cc4c(cc1n3c1ccccc1n2-c1ccccc1)n1c2ccccc2n(-c2ccccc2)c2cc(N(c3ccccc3CC)c3ccccc3CC)cc(c21)n4-c1c(-c2ccccc2)cccc1-c1ccccc1)c1ccccc1CC. The Bertz CT molecular complexity index is 6470. The van der Waals surface area contributed by atoms with Gasteiger partial charge in [-0.15, -0.1) is 0 Å². The Hall–Kier alpha value is -13.3. The molecule has 19 rings (SSSR count). The number of anilines is 6. The van der Waals surface area contributed by atoms with Gasteiger partial charge >= 0.3 is 0 Å². The molecule has 15 aromatic carbocycles. The average molecular weight is 1370 g/mol. The molecule has 0 unspecified atom stereocenters. The summed E-state index contributed by atoms with van der Waals surface area (Å²) in [7, 11) is 0. The highest BCUT2D eigenvalue weighted by Crippen LogP contribution is 2.50. The number of benzene rings is 15. The monoisotopic (exact) mass is 1370 g/mol. The van der Waals surface area contributed by atoms with Crippen LogP contribution in [-0.2, 0) is 25.7 Å². The summed E-state index contributed by atoms with van der Waals surface area (Å²) in [5.74, 6) is 0. The van der Waals surface area contributed by atoms with Crippen molar-refractivity contribution in [3.8, 4) is 45.0 Å². The Balaban J connectivity index is 1.11. The van der Waals surface area contributed by atoms with Crippen LogP contribution in [0.2, 0.25) is 0 Å². The summed E-state index contributed by atoms with van der Waals surface area (Å²) in [5, 5.41) is 0. The summed E-state index contributed by atoms with van der Waals surface area (Å²) >= 11 is 0. The third kappa shape index (κ3) is 10.3. The zero-order valence-corrected chi connectivity index (χ0v) is 59.9. The standard InChI is InChI=1S/C98H78N8/c1-5-67-37-24-28-53-80(67)102(81-54-29-25-38-68(81)6-2)76-61-92-97-94(63-76)101(75-49-22-13-23-50-75)88-65-91-90(66-89(88)104(97)86-59-34-32-57-84(86)99(92)73-45-18-11-19-46-73)105-87-60-35-33-58-85(87)100(74-47-20-12-21-48-74)93-62-77(103(82-55-30-26-39-69(82)7-3)83-56-31-27-40-70(83)8-4)64-95(98(93)105)106(91)96-78(71-41-14-9-15-42-71)51-36-52-79(96)72-43-16-10-17-44-72/h9-66H,5-8H2,1-4H3. The lowest BCUT2D eigenvalue weighted by Crippen LogP contribution is -2.17. The zero-order valence-electron chi connectivity index (χ0n) is 59.9. The molecule has 0 radical (unpaired) electrons. The van der Waals surface area contributed by atoms with E-state index in [1.165, 1.54) is 22.3 Å². The summed E-state index contributed by atoms with van der Waals surface area (Å²) in [5.41, 5.74) is 35.0. The molecule has 4 aromatic heterocycles. The fourth-order valence-corrected chi connectivity index (χ4v) is 17.0. The normalized spacial score (nSPS) is 11.7. The highest BCUT2D eigenvalue weighted by atomic mass is 15.2. The van der Waals surface area contributed by atoms with E-state index in [1.54, 1.807) is 0 Å². The van der Waals surface area contributed by atoms with Gasteiger partial charge in [-0.05, 0) is 180 Å². The second-order valence-electron chi connectivity index (χ2n) is 27.5. The van der Waals surface area contributed by atoms with Crippen molar-refractivity contribution in [1.29, 1.82) is 0 Å². The quantitative estimate of drug-likeness (QED) is 0.0714. The number of rotatable bonds is 16. The molecular formula is C98H78N8. The molecule has 0 saturated heterocycles. The number of fused-ring (bicyclic) bond motifs is 8. The third-order valence-electron chi connectivity index (χ3n) is 21.7. The average Bonchev–Trinajstić information content (AvgIpc) is 0.681. The Morgan fingerprint density at radius 3 is 0.840 bits per heavy atom. The predicted octanol–water partition coefficient (Wildman–Crippen LogP) is 25.9. The molecule has 19 aromatic rings. The summed E-state index contributed by atoms with van der Waals surface area (Å²) < 4.78 is 15.5. The van der Waals surface area contributed by atoms with Gasteiger partial charge in [0.15, 0.2) is 0 Å². The molecule has 0 atom stereocenters. The molecule has 0 aliphatic carbocycles. The van der Waals surface area contributed by atoms with Gasteiger partial charge in [-0.3, -0.25) is 0 Å². The van der Waals surface area contributed by atoms with Gasteiger partial charge in [0.2, 0.25) is 0 Å². The summed E-state index contributed by atoms with van der Waals surface area (Å²) in [6, 6.07) is 131. The molecule has 8 nitrogen and oxygen atoms in total. The van der Waals surface area contributed by atoms with Crippen molar-refractivity contribution in [3.05, 3.63) is 374 Å². The van der Waals surface area contributed by atoms with Crippen LogP contribution in [0.4, 0.5) is 34.1 Å². The number of hydrogen-bond acceptors (Lipinski definition) is 2. The van der Waals surface area contributed by atoms with E-state index in [-0.39, 0.29) is 0 Å². The van der Waals surface area contributed by atoms with Crippen LogP contribution in [0.15, 0.2) is 352 Å². The van der Waals surface area contributed by atoms with Gasteiger partial charge in [0.25, 0.3) is 0 Å². The van der Waals surface area contributed by atoms with E-state index in [0.29, 0.717) is 0 Å². The minimum absolute atomic E-state index is 0.845. The predicted molar refractivity (Wildman–Crippen MR) is 446 cm³/mol. The van der Waals surface area contributed by atoms with Gasteiger partial charge in [-0.25, -0.2) is 0 Å². The maximum absolute atomic E-state index is 2.67. The molecule has 0 bridgehead atoms. The van der Waals surface area contributed by atoms with Crippen LogP contribution in [-0.4, -0.2) is 27.1 Å². The molecule has 106 heavy (non-hydrogen) atoms. The molecule has 0 saturated carbocycles. The second kappa shape index (κ2) is 26.5. The Morgan fingerprint density at radius 2 is 0.491 bits per heavy atom. The number of para-hydroxylation sites is 12. The van der Waals surface area contributed by atoms with Crippen LogP contribution < -0.4 is 9.80 Å². The van der Waals surface area contributed by atoms with Crippen LogP contribution in [0.1, 0.15) is 49.9 Å². The number of aryl methyl sites for hydroxylation is 4. The van der Waals surface area contributed by atoms with Gasteiger partial charge in [-0.2, -0.15) is 0 Å². The first-order valence-electron chi connectivity index (χ1n) is 37.3. The number of aromatic nitrogens is 6. The lowest BCUT2D eigenvalue weighted by atomic mass is 9.95. The van der Waals surface area contributed by atoms with Gasteiger partial charge < -0.3 is 36.9 Å². The van der Waals surface area contributed by atoms with Crippen molar-refractivity contribution < 1.29 is 0 Å². The first-order valence-corrected chi connectivity index (χ1v) is 37.3. The van der Waals surface area contributed by atoms with Crippen molar-refractivity contribution in [2.24, 2.45) is 0 Å². The minimum Gasteiger partial charge on any atom is -0.310 e. The van der Waals surface area contributed by atoms with E-state index < -0.39 is 0 Å².